The van der Waals surface area contributed by atoms with Gasteiger partial charge in [0.2, 0.25) is 17.5 Å². The SMILES string of the molecule is C=CCn1c(SCc2nc(-c3ccc(Cl)cc3)no2)nnc1-c1ccco1. The highest BCUT2D eigenvalue weighted by molar-refractivity contribution is 7.98. The molecule has 0 saturated heterocycles. The Balaban J connectivity index is 1.51. The maximum atomic E-state index is 5.90. The lowest BCUT2D eigenvalue weighted by atomic mass is 10.2. The first kappa shape index (κ1) is 17.6. The van der Waals surface area contributed by atoms with Crippen LogP contribution >= 0.6 is 23.4 Å². The average molecular weight is 400 g/mol. The van der Waals surface area contributed by atoms with Crippen molar-refractivity contribution in [2.24, 2.45) is 0 Å². The molecule has 0 bridgehead atoms. The van der Waals surface area contributed by atoms with Gasteiger partial charge in [-0.25, -0.2) is 0 Å². The molecule has 7 nitrogen and oxygen atoms in total. The predicted octanol–water partition coefficient (Wildman–Crippen LogP) is 4.72. The Bertz CT molecular complexity index is 1040. The number of rotatable bonds is 7. The van der Waals surface area contributed by atoms with Crippen molar-refractivity contribution in [3.8, 4) is 23.0 Å². The zero-order valence-corrected chi connectivity index (χ0v) is 15.7. The highest BCUT2D eigenvalue weighted by Crippen LogP contribution is 2.27. The lowest BCUT2D eigenvalue weighted by Gasteiger charge is -2.04. The molecule has 0 aliphatic heterocycles. The van der Waals surface area contributed by atoms with Crippen LogP contribution in [0.2, 0.25) is 5.02 Å². The highest BCUT2D eigenvalue weighted by atomic mass is 35.5. The molecule has 1 aromatic carbocycles. The molecule has 0 spiro atoms. The fraction of sp³-hybridized carbons (Fsp3) is 0.111. The molecule has 3 heterocycles. The summed E-state index contributed by atoms with van der Waals surface area (Å²) in [5, 5.41) is 13.9. The molecule has 0 radical (unpaired) electrons. The zero-order valence-electron chi connectivity index (χ0n) is 14.1. The van der Waals surface area contributed by atoms with Crippen molar-refractivity contribution in [2.75, 3.05) is 0 Å². The molecule has 0 N–H and O–H groups in total. The van der Waals surface area contributed by atoms with E-state index in [9.17, 15) is 0 Å². The van der Waals surface area contributed by atoms with Crippen molar-refractivity contribution < 1.29 is 8.94 Å². The van der Waals surface area contributed by atoms with Gasteiger partial charge in [-0.1, -0.05) is 34.6 Å². The standard InChI is InChI=1S/C18H14ClN5O2S/c1-2-9-24-17(14-4-3-10-25-14)21-22-18(24)27-11-15-20-16(23-26-15)12-5-7-13(19)8-6-12/h2-8,10H,1,9,11H2. The number of hydrogen-bond donors (Lipinski definition) is 0. The van der Waals surface area contributed by atoms with E-state index in [4.69, 9.17) is 20.5 Å². The van der Waals surface area contributed by atoms with Crippen molar-refractivity contribution in [3.05, 3.63) is 66.2 Å². The van der Waals surface area contributed by atoms with E-state index in [0.29, 0.717) is 45.8 Å². The first-order valence-electron chi connectivity index (χ1n) is 8.04. The summed E-state index contributed by atoms with van der Waals surface area (Å²) in [5.74, 6) is 2.78. The number of allylic oxidation sites excluding steroid dienone is 1. The molecule has 0 unspecified atom stereocenters. The molecule has 0 saturated carbocycles. The lowest BCUT2D eigenvalue weighted by Crippen LogP contribution is -2.00. The quantitative estimate of drug-likeness (QED) is 0.328. The Labute approximate surface area is 164 Å². The number of aromatic nitrogens is 5. The molecule has 3 aromatic heterocycles. The first-order valence-corrected chi connectivity index (χ1v) is 9.40. The summed E-state index contributed by atoms with van der Waals surface area (Å²) in [5.41, 5.74) is 0.842. The van der Waals surface area contributed by atoms with Crippen LogP contribution < -0.4 is 0 Å². The van der Waals surface area contributed by atoms with Gasteiger partial charge in [-0.15, -0.1) is 16.8 Å². The Morgan fingerprint density at radius 3 is 2.78 bits per heavy atom. The van der Waals surface area contributed by atoms with Crippen molar-refractivity contribution >= 4 is 23.4 Å². The van der Waals surface area contributed by atoms with Crippen LogP contribution in [0.4, 0.5) is 0 Å². The third kappa shape index (κ3) is 3.81. The van der Waals surface area contributed by atoms with Gasteiger partial charge in [0.15, 0.2) is 10.9 Å². The van der Waals surface area contributed by atoms with Crippen LogP contribution in [0, 0.1) is 0 Å². The molecule has 0 aliphatic rings. The van der Waals surface area contributed by atoms with E-state index >= 15 is 0 Å². The minimum Gasteiger partial charge on any atom is -0.461 e. The van der Waals surface area contributed by atoms with Crippen molar-refractivity contribution in [1.29, 1.82) is 0 Å². The summed E-state index contributed by atoms with van der Waals surface area (Å²) >= 11 is 7.36. The molecule has 0 fully saturated rings. The van der Waals surface area contributed by atoms with Gasteiger partial charge in [-0.3, -0.25) is 4.57 Å². The average Bonchev–Trinajstić information content (AvgIpc) is 3.42. The van der Waals surface area contributed by atoms with Gasteiger partial charge in [-0.05, 0) is 36.4 Å². The largest absolute Gasteiger partial charge is 0.461 e. The molecule has 4 rings (SSSR count). The molecule has 136 valence electrons. The van der Waals surface area contributed by atoms with Gasteiger partial charge in [-0.2, -0.15) is 4.98 Å². The van der Waals surface area contributed by atoms with Crippen molar-refractivity contribution in [1.82, 2.24) is 24.9 Å². The Kier molecular flexibility index (Phi) is 5.08. The highest BCUT2D eigenvalue weighted by Gasteiger charge is 2.17. The fourth-order valence-corrected chi connectivity index (χ4v) is 3.34. The molecule has 0 amide bonds. The minimum atomic E-state index is 0.466. The molecule has 0 aliphatic carbocycles. The van der Waals surface area contributed by atoms with Crippen LogP contribution in [0.15, 0.2) is 69.4 Å². The van der Waals surface area contributed by atoms with E-state index in [1.807, 2.05) is 28.8 Å². The van der Waals surface area contributed by atoms with Crippen LogP contribution in [0.1, 0.15) is 5.89 Å². The van der Waals surface area contributed by atoms with E-state index in [1.54, 1.807) is 24.5 Å². The second-order valence-electron chi connectivity index (χ2n) is 5.49. The third-order valence-electron chi connectivity index (χ3n) is 3.67. The van der Waals surface area contributed by atoms with E-state index in [0.717, 1.165) is 5.56 Å². The number of furan rings is 1. The monoisotopic (exact) mass is 399 g/mol. The van der Waals surface area contributed by atoms with Crippen LogP contribution in [-0.2, 0) is 12.3 Å². The number of halogens is 1. The predicted molar refractivity (Wildman–Crippen MR) is 102 cm³/mol. The third-order valence-corrected chi connectivity index (χ3v) is 4.87. The second-order valence-corrected chi connectivity index (χ2v) is 6.87. The summed E-state index contributed by atoms with van der Waals surface area (Å²) in [6, 6.07) is 10.9. The topological polar surface area (TPSA) is 82.8 Å². The van der Waals surface area contributed by atoms with E-state index in [2.05, 4.69) is 26.9 Å². The van der Waals surface area contributed by atoms with Crippen LogP contribution in [0.3, 0.4) is 0 Å². The molecule has 4 aromatic rings. The first-order chi connectivity index (χ1) is 13.2. The lowest BCUT2D eigenvalue weighted by molar-refractivity contribution is 0.391. The van der Waals surface area contributed by atoms with Crippen molar-refractivity contribution in [2.45, 2.75) is 17.5 Å². The smallest absolute Gasteiger partial charge is 0.237 e. The summed E-state index contributed by atoms with van der Waals surface area (Å²) in [6.07, 6.45) is 3.39. The molecular formula is C18H14ClN5O2S. The Morgan fingerprint density at radius 2 is 2.04 bits per heavy atom. The fourth-order valence-electron chi connectivity index (χ4n) is 2.43. The van der Waals surface area contributed by atoms with Crippen LogP contribution in [0.5, 0.6) is 0 Å². The van der Waals surface area contributed by atoms with Gasteiger partial charge in [0, 0.05) is 17.1 Å². The Hall–Kier alpha value is -2.84. The van der Waals surface area contributed by atoms with E-state index in [-0.39, 0.29) is 0 Å². The summed E-state index contributed by atoms with van der Waals surface area (Å²) in [7, 11) is 0. The molecule has 9 heteroatoms. The maximum Gasteiger partial charge on any atom is 0.237 e. The molecular weight excluding hydrogens is 386 g/mol. The molecule has 0 atom stereocenters. The molecule has 27 heavy (non-hydrogen) atoms. The van der Waals surface area contributed by atoms with Crippen molar-refractivity contribution in [3.63, 3.8) is 0 Å². The summed E-state index contributed by atoms with van der Waals surface area (Å²) < 4.78 is 12.7. The normalized spacial score (nSPS) is 11.0. The number of hydrogen-bond acceptors (Lipinski definition) is 7. The zero-order chi connectivity index (χ0) is 18.6. The minimum absolute atomic E-state index is 0.466. The number of benzene rings is 1. The number of thioether (sulfide) groups is 1. The summed E-state index contributed by atoms with van der Waals surface area (Å²) in [4.78, 5) is 4.42. The van der Waals surface area contributed by atoms with Gasteiger partial charge in [0.25, 0.3) is 0 Å². The van der Waals surface area contributed by atoms with Crippen LogP contribution in [0.25, 0.3) is 23.0 Å². The van der Waals surface area contributed by atoms with Gasteiger partial charge in [0.1, 0.15) is 0 Å². The van der Waals surface area contributed by atoms with Gasteiger partial charge >= 0.3 is 0 Å². The van der Waals surface area contributed by atoms with E-state index < -0.39 is 0 Å². The van der Waals surface area contributed by atoms with Gasteiger partial charge < -0.3 is 8.94 Å². The maximum absolute atomic E-state index is 5.90. The van der Waals surface area contributed by atoms with Crippen LogP contribution in [-0.4, -0.2) is 24.9 Å². The number of nitrogens with zero attached hydrogens (tertiary/aromatic N) is 5. The van der Waals surface area contributed by atoms with E-state index in [1.165, 1.54) is 11.8 Å². The van der Waals surface area contributed by atoms with Gasteiger partial charge in [0.05, 0.1) is 12.0 Å². The Morgan fingerprint density at radius 1 is 1.19 bits per heavy atom. The second kappa shape index (κ2) is 7.81. The summed E-state index contributed by atoms with van der Waals surface area (Å²) in [6.45, 7) is 4.35.